The molecule has 4 fully saturated rings. The molecule has 0 spiro atoms. The van der Waals surface area contributed by atoms with Crippen molar-refractivity contribution in [1.82, 2.24) is 5.32 Å². The van der Waals surface area contributed by atoms with E-state index in [9.17, 15) is 20.1 Å². The molecule has 0 aromatic rings. The average Bonchev–Trinajstić information content (AvgIpc) is 3.08. The van der Waals surface area contributed by atoms with Gasteiger partial charge in [0.25, 0.3) is 0 Å². The molecule has 5 nitrogen and oxygen atoms in total. The largest absolute Gasteiger partial charge is 0.393 e. The number of aliphatic hydroxyl groups excluding tert-OH is 3. The zero-order valence-electron chi connectivity index (χ0n) is 20.0. The van der Waals surface area contributed by atoms with Crippen LogP contribution in [0.15, 0.2) is 0 Å². The van der Waals surface area contributed by atoms with E-state index in [0.29, 0.717) is 36.0 Å². The summed E-state index contributed by atoms with van der Waals surface area (Å²) in [6, 6.07) is 0. The minimum absolute atomic E-state index is 0.106. The third-order valence-corrected chi connectivity index (χ3v) is 10.9. The highest BCUT2D eigenvalue weighted by Crippen LogP contribution is 2.68. The highest BCUT2D eigenvalue weighted by atomic mass is 16.3. The van der Waals surface area contributed by atoms with E-state index < -0.39 is 0 Å². The quantitative estimate of drug-likeness (QED) is 0.532. The number of hydrogen-bond donors (Lipinski definition) is 4. The summed E-state index contributed by atoms with van der Waals surface area (Å²) in [4.78, 5) is 11.6. The van der Waals surface area contributed by atoms with Gasteiger partial charge in [-0.15, -0.1) is 0 Å². The summed E-state index contributed by atoms with van der Waals surface area (Å²) >= 11 is 0. The molecule has 4 aliphatic rings. The minimum atomic E-state index is -0.331. The molecule has 31 heavy (non-hydrogen) atoms. The third-order valence-electron chi connectivity index (χ3n) is 10.9. The van der Waals surface area contributed by atoms with Gasteiger partial charge in [-0.05, 0) is 104 Å². The van der Waals surface area contributed by atoms with E-state index in [0.717, 1.165) is 57.8 Å². The lowest BCUT2D eigenvalue weighted by Crippen LogP contribution is -2.62. The predicted octanol–water partition coefficient (Wildman–Crippen LogP) is 3.50. The molecular weight excluding hydrogens is 390 g/mol. The van der Waals surface area contributed by atoms with Crippen molar-refractivity contribution in [1.29, 1.82) is 0 Å². The number of carbonyl (C=O) groups is 1. The Morgan fingerprint density at radius 2 is 1.81 bits per heavy atom. The monoisotopic (exact) mass is 435 g/mol. The standard InChI is InChI=1S/C26H45NO4/c1-15(6-5-7-23(31)27-4)18-8-9-19-24-20(14-22(30)26(18,19)3)25(2)11-10-17(28)12-16(25)13-21(24)29/h15-22,24,28-30H,5-14H2,1-4H3,(H,27,31)/t15-,16+,17-,18-,19+,20+,21-,22+,24+,25+,26-/m1/s1. The minimum Gasteiger partial charge on any atom is -0.393 e. The van der Waals surface area contributed by atoms with Gasteiger partial charge < -0.3 is 20.6 Å². The van der Waals surface area contributed by atoms with Gasteiger partial charge in [-0.2, -0.15) is 0 Å². The van der Waals surface area contributed by atoms with Crippen LogP contribution in [0, 0.1) is 46.3 Å². The molecule has 0 unspecified atom stereocenters. The SMILES string of the molecule is CNC(=O)CCC[C@@H](C)[C@H]1CC[C@H]2[C@@H]3[C@H](O)C[C@@H]4C[C@H](O)CC[C@]4(C)[C@H]3C[C@H](O)[C@]12C. The maximum atomic E-state index is 11.6. The molecule has 4 aliphatic carbocycles. The lowest BCUT2D eigenvalue weighted by molar-refractivity contribution is -0.207. The summed E-state index contributed by atoms with van der Waals surface area (Å²) in [5.41, 5.74) is -0.0192. The van der Waals surface area contributed by atoms with Crippen LogP contribution in [0.5, 0.6) is 0 Å². The van der Waals surface area contributed by atoms with Crippen molar-refractivity contribution in [3.05, 3.63) is 0 Å². The first kappa shape index (κ1) is 23.5. The van der Waals surface area contributed by atoms with Crippen LogP contribution in [-0.4, -0.2) is 46.6 Å². The first-order chi connectivity index (χ1) is 14.6. The number of nitrogens with one attached hydrogen (secondary N) is 1. The number of carbonyl (C=O) groups excluding carboxylic acids is 1. The molecule has 0 aliphatic heterocycles. The van der Waals surface area contributed by atoms with Gasteiger partial charge in [0.2, 0.25) is 5.91 Å². The Morgan fingerprint density at radius 1 is 1.06 bits per heavy atom. The fraction of sp³-hybridized carbons (Fsp3) is 0.962. The fourth-order valence-electron chi connectivity index (χ4n) is 9.04. The second-order valence-electron chi connectivity index (χ2n) is 12.1. The molecule has 1 amide bonds. The third kappa shape index (κ3) is 3.77. The van der Waals surface area contributed by atoms with Crippen molar-refractivity contribution < 1.29 is 20.1 Å². The summed E-state index contributed by atoms with van der Waals surface area (Å²) in [5.74, 6) is 2.38. The molecule has 178 valence electrons. The van der Waals surface area contributed by atoms with Crippen LogP contribution < -0.4 is 5.32 Å². The molecule has 0 heterocycles. The van der Waals surface area contributed by atoms with E-state index in [4.69, 9.17) is 0 Å². The van der Waals surface area contributed by atoms with Crippen molar-refractivity contribution in [2.75, 3.05) is 7.05 Å². The first-order valence-electron chi connectivity index (χ1n) is 12.9. The molecule has 0 aromatic heterocycles. The van der Waals surface area contributed by atoms with Crippen LogP contribution in [0.2, 0.25) is 0 Å². The van der Waals surface area contributed by atoms with Crippen LogP contribution in [0.25, 0.3) is 0 Å². The highest BCUT2D eigenvalue weighted by Gasteiger charge is 2.65. The molecular formula is C26H45NO4. The van der Waals surface area contributed by atoms with Crippen LogP contribution in [0.1, 0.15) is 85.0 Å². The van der Waals surface area contributed by atoms with Crippen LogP contribution in [0.3, 0.4) is 0 Å². The van der Waals surface area contributed by atoms with E-state index >= 15 is 0 Å². The van der Waals surface area contributed by atoms with E-state index in [1.807, 2.05) is 0 Å². The van der Waals surface area contributed by atoms with E-state index in [2.05, 4.69) is 26.1 Å². The predicted molar refractivity (Wildman–Crippen MR) is 121 cm³/mol. The number of hydrogen-bond acceptors (Lipinski definition) is 4. The molecule has 5 heteroatoms. The van der Waals surface area contributed by atoms with Crippen LogP contribution >= 0.6 is 0 Å². The zero-order chi connectivity index (χ0) is 22.6. The lowest BCUT2D eigenvalue weighted by Gasteiger charge is -2.63. The highest BCUT2D eigenvalue weighted by molar-refractivity contribution is 5.75. The Balaban J connectivity index is 1.53. The van der Waals surface area contributed by atoms with Gasteiger partial charge in [-0.3, -0.25) is 4.79 Å². The molecule has 4 rings (SSSR count). The van der Waals surface area contributed by atoms with Crippen LogP contribution in [-0.2, 0) is 4.79 Å². The number of rotatable bonds is 5. The Kier molecular flexibility index (Phi) is 6.53. The molecule has 4 saturated carbocycles. The van der Waals surface area contributed by atoms with Crippen LogP contribution in [0.4, 0.5) is 0 Å². The van der Waals surface area contributed by atoms with E-state index in [-0.39, 0.29) is 41.0 Å². The Hall–Kier alpha value is -0.650. The second kappa shape index (κ2) is 8.61. The maximum Gasteiger partial charge on any atom is 0.219 e. The molecule has 0 aromatic carbocycles. The van der Waals surface area contributed by atoms with Gasteiger partial charge >= 0.3 is 0 Å². The van der Waals surface area contributed by atoms with Gasteiger partial charge in [0.1, 0.15) is 0 Å². The average molecular weight is 436 g/mol. The topological polar surface area (TPSA) is 89.8 Å². The lowest BCUT2D eigenvalue weighted by atomic mass is 9.43. The van der Waals surface area contributed by atoms with Gasteiger partial charge in [0.15, 0.2) is 0 Å². The molecule has 4 N–H and O–H groups in total. The molecule has 0 radical (unpaired) electrons. The summed E-state index contributed by atoms with van der Waals surface area (Å²) in [6.45, 7) is 6.99. The molecule has 0 bridgehead atoms. The van der Waals surface area contributed by atoms with Gasteiger partial charge in [0, 0.05) is 13.5 Å². The Bertz CT molecular complexity index is 670. The van der Waals surface area contributed by atoms with Gasteiger partial charge in [-0.1, -0.05) is 20.8 Å². The normalized spacial score (nSPS) is 50.2. The zero-order valence-corrected chi connectivity index (χ0v) is 20.0. The van der Waals surface area contributed by atoms with E-state index in [1.54, 1.807) is 7.05 Å². The Labute approximate surface area is 188 Å². The van der Waals surface area contributed by atoms with Crippen molar-refractivity contribution in [3.8, 4) is 0 Å². The van der Waals surface area contributed by atoms with Crippen molar-refractivity contribution >= 4 is 5.91 Å². The van der Waals surface area contributed by atoms with Crippen molar-refractivity contribution in [2.24, 2.45) is 46.3 Å². The van der Waals surface area contributed by atoms with Gasteiger partial charge in [0.05, 0.1) is 18.3 Å². The summed E-state index contributed by atoms with van der Waals surface area (Å²) in [6.07, 6.45) is 8.10. The second-order valence-corrected chi connectivity index (χ2v) is 12.1. The summed E-state index contributed by atoms with van der Waals surface area (Å²) in [5, 5.41) is 35.9. The number of fused-ring (bicyclic) bond motifs is 5. The smallest absolute Gasteiger partial charge is 0.219 e. The van der Waals surface area contributed by atoms with Crippen molar-refractivity contribution in [2.45, 2.75) is 103 Å². The molecule has 0 saturated heterocycles. The van der Waals surface area contributed by atoms with Crippen molar-refractivity contribution in [3.63, 3.8) is 0 Å². The fourth-order valence-corrected chi connectivity index (χ4v) is 9.04. The molecule has 11 atom stereocenters. The number of amides is 1. The van der Waals surface area contributed by atoms with Gasteiger partial charge in [-0.25, -0.2) is 0 Å². The Morgan fingerprint density at radius 3 is 2.52 bits per heavy atom. The maximum absolute atomic E-state index is 11.6. The first-order valence-corrected chi connectivity index (χ1v) is 12.9. The summed E-state index contributed by atoms with van der Waals surface area (Å²) in [7, 11) is 1.69. The summed E-state index contributed by atoms with van der Waals surface area (Å²) < 4.78 is 0. The van der Waals surface area contributed by atoms with E-state index in [1.165, 1.54) is 0 Å². The number of aliphatic hydroxyl groups is 3.